The van der Waals surface area contributed by atoms with E-state index in [1.807, 2.05) is 66.5 Å². The summed E-state index contributed by atoms with van der Waals surface area (Å²) in [6.07, 6.45) is 3.81. The monoisotopic (exact) mass is 407 g/mol. The van der Waals surface area contributed by atoms with Gasteiger partial charge in [-0.3, -0.25) is 0 Å². The maximum atomic E-state index is 12.7. The third kappa shape index (κ3) is 4.57. The predicted octanol–water partition coefficient (Wildman–Crippen LogP) is 3.15. The fraction of sp³-hybridized carbons (Fsp3) is 0.174. The Hall–Kier alpha value is -3.87. The van der Waals surface area contributed by atoms with Gasteiger partial charge in [-0.15, -0.1) is 0 Å². The van der Waals surface area contributed by atoms with Gasteiger partial charge in [-0.05, 0) is 18.2 Å². The van der Waals surface area contributed by atoms with E-state index < -0.39 is 5.97 Å². The molecule has 7 nitrogen and oxygen atoms in total. The Bertz CT molecular complexity index is 1040. The summed E-state index contributed by atoms with van der Waals surface area (Å²) in [5, 5.41) is 4.18. The average Bonchev–Trinajstić information content (AvgIpc) is 2.78. The van der Waals surface area contributed by atoms with Crippen molar-refractivity contribution in [1.29, 1.82) is 0 Å². The first-order valence-electron chi connectivity index (χ1n) is 9.17. The summed E-state index contributed by atoms with van der Waals surface area (Å²) in [5.74, 6) is 0.446. The Morgan fingerprint density at radius 1 is 0.833 bits per heavy atom. The van der Waals surface area contributed by atoms with E-state index in [0.29, 0.717) is 23.0 Å². The molecule has 2 aromatic carbocycles. The SMILES string of the molecule is COc1cc(C(=O)O/N=C(/c2ccccc2)c2ccc[n+](C)c2)cc(OC)c1OC. The minimum atomic E-state index is -0.650. The summed E-state index contributed by atoms with van der Waals surface area (Å²) >= 11 is 0. The van der Waals surface area contributed by atoms with Gasteiger partial charge < -0.3 is 19.0 Å². The van der Waals surface area contributed by atoms with Crippen molar-refractivity contribution >= 4 is 11.7 Å². The number of hydrogen-bond acceptors (Lipinski definition) is 6. The molecule has 0 atom stereocenters. The van der Waals surface area contributed by atoms with Crippen molar-refractivity contribution in [3.8, 4) is 17.2 Å². The number of pyridine rings is 1. The molecule has 3 rings (SSSR count). The number of aryl methyl sites for hydroxylation is 1. The highest BCUT2D eigenvalue weighted by atomic mass is 16.7. The number of oxime groups is 1. The van der Waals surface area contributed by atoms with Gasteiger partial charge in [-0.2, -0.15) is 0 Å². The van der Waals surface area contributed by atoms with Crippen LogP contribution in [0.2, 0.25) is 0 Å². The number of aromatic nitrogens is 1. The lowest BCUT2D eigenvalue weighted by atomic mass is 10.0. The van der Waals surface area contributed by atoms with Gasteiger partial charge in [0.15, 0.2) is 23.9 Å². The molecule has 30 heavy (non-hydrogen) atoms. The quantitative estimate of drug-likeness (QED) is 0.260. The van der Waals surface area contributed by atoms with Crippen molar-refractivity contribution in [2.45, 2.75) is 0 Å². The molecule has 7 heteroatoms. The Labute approximate surface area is 175 Å². The van der Waals surface area contributed by atoms with Crippen molar-refractivity contribution in [3.05, 3.63) is 83.7 Å². The molecule has 0 unspecified atom stereocenters. The first kappa shape index (κ1) is 20.9. The number of ether oxygens (including phenoxy) is 3. The topological polar surface area (TPSA) is 70.2 Å². The molecule has 154 valence electrons. The van der Waals surface area contributed by atoms with Crippen molar-refractivity contribution in [2.24, 2.45) is 12.2 Å². The molecule has 0 spiro atoms. The lowest BCUT2D eigenvalue weighted by Crippen LogP contribution is -2.28. The van der Waals surface area contributed by atoms with Crippen LogP contribution in [0.1, 0.15) is 21.5 Å². The number of carbonyl (C=O) groups is 1. The maximum absolute atomic E-state index is 12.7. The summed E-state index contributed by atoms with van der Waals surface area (Å²) in [4.78, 5) is 18.0. The van der Waals surface area contributed by atoms with Crippen LogP contribution in [0, 0.1) is 0 Å². The lowest BCUT2D eigenvalue weighted by Gasteiger charge is -2.13. The number of nitrogens with zero attached hydrogens (tertiary/aromatic N) is 2. The second kappa shape index (κ2) is 9.56. The van der Waals surface area contributed by atoms with Crippen molar-refractivity contribution < 1.29 is 28.4 Å². The zero-order valence-corrected chi connectivity index (χ0v) is 17.3. The summed E-state index contributed by atoms with van der Waals surface area (Å²) < 4.78 is 17.8. The highest BCUT2D eigenvalue weighted by Gasteiger charge is 2.19. The standard InChI is InChI=1S/C23H23N2O5/c1-25-12-8-11-17(15-25)21(16-9-6-5-7-10-16)24-30-23(26)18-13-19(27-2)22(29-4)20(14-18)28-3/h5-15H,1-4H3/q+1/b24-21-. The van der Waals surface area contributed by atoms with Gasteiger partial charge in [0.05, 0.1) is 32.5 Å². The molecule has 0 radical (unpaired) electrons. The van der Waals surface area contributed by atoms with Crippen LogP contribution >= 0.6 is 0 Å². The molecule has 0 amide bonds. The van der Waals surface area contributed by atoms with Crippen LogP contribution in [0.15, 0.2) is 72.1 Å². The number of rotatable bonds is 7. The van der Waals surface area contributed by atoms with E-state index in [2.05, 4.69) is 5.16 Å². The minimum Gasteiger partial charge on any atom is -0.493 e. The van der Waals surface area contributed by atoms with Crippen LogP contribution in [-0.4, -0.2) is 33.0 Å². The number of carbonyl (C=O) groups excluding carboxylic acids is 1. The molecule has 1 heterocycles. The highest BCUT2D eigenvalue weighted by molar-refractivity contribution is 6.12. The summed E-state index contributed by atoms with van der Waals surface area (Å²) in [6, 6.07) is 16.3. The molecule has 0 fully saturated rings. The molecule has 0 N–H and O–H groups in total. The van der Waals surface area contributed by atoms with Crippen molar-refractivity contribution in [1.82, 2.24) is 0 Å². The van der Waals surface area contributed by atoms with Crippen LogP contribution in [-0.2, 0) is 11.9 Å². The molecule has 0 bridgehead atoms. The predicted molar refractivity (Wildman–Crippen MR) is 111 cm³/mol. The summed E-state index contributed by atoms with van der Waals surface area (Å²) in [5.41, 5.74) is 2.39. The lowest BCUT2D eigenvalue weighted by molar-refractivity contribution is -0.671. The zero-order valence-electron chi connectivity index (χ0n) is 17.3. The first-order chi connectivity index (χ1) is 14.6. The Morgan fingerprint density at radius 2 is 1.47 bits per heavy atom. The largest absolute Gasteiger partial charge is 0.493 e. The highest BCUT2D eigenvalue weighted by Crippen LogP contribution is 2.38. The Kier molecular flexibility index (Phi) is 6.64. The average molecular weight is 407 g/mol. The van der Waals surface area contributed by atoms with Gasteiger partial charge in [0, 0.05) is 11.6 Å². The van der Waals surface area contributed by atoms with Gasteiger partial charge in [0.1, 0.15) is 12.8 Å². The molecule has 0 aliphatic carbocycles. The van der Waals surface area contributed by atoms with Crippen LogP contribution in [0.25, 0.3) is 0 Å². The van der Waals surface area contributed by atoms with Crippen LogP contribution < -0.4 is 18.8 Å². The second-order valence-electron chi connectivity index (χ2n) is 6.36. The molecular formula is C23H23N2O5+. The third-order valence-electron chi connectivity index (χ3n) is 4.38. The fourth-order valence-electron chi connectivity index (χ4n) is 2.93. The van der Waals surface area contributed by atoms with Gasteiger partial charge in [-0.1, -0.05) is 35.5 Å². The van der Waals surface area contributed by atoms with Crippen molar-refractivity contribution in [2.75, 3.05) is 21.3 Å². The van der Waals surface area contributed by atoms with E-state index in [1.165, 1.54) is 33.5 Å². The van der Waals surface area contributed by atoms with E-state index in [-0.39, 0.29) is 5.56 Å². The molecule has 0 aliphatic heterocycles. The number of benzene rings is 2. The van der Waals surface area contributed by atoms with Gasteiger partial charge >= 0.3 is 5.97 Å². The molecule has 0 saturated heterocycles. The second-order valence-corrected chi connectivity index (χ2v) is 6.36. The van der Waals surface area contributed by atoms with Gasteiger partial charge in [0.2, 0.25) is 5.75 Å². The van der Waals surface area contributed by atoms with E-state index in [4.69, 9.17) is 19.0 Å². The molecule has 1 aromatic heterocycles. The third-order valence-corrected chi connectivity index (χ3v) is 4.38. The van der Waals surface area contributed by atoms with Gasteiger partial charge in [0.25, 0.3) is 0 Å². The van der Waals surface area contributed by atoms with Crippen LogP contribution in [0.4, 0.5) is 0 Å². The minimum absolute atomic E-state index is 0.222. The molecule has 3 aromatic rings. The normalized spacial score (nSPS) is 11.0. The van der Waals surface area contributed by atoms with E-state index in [1.54, 1.807) is 0 Å². The smallest absolute Gasteiger partial charge is 0.366 e. The van der Waals surface area contributed by atoms with E-state index >= 15 is 0 Å². The molecule has 0 saturated carbocycles. The molecule has 0 aliphatic rings. The number of hydrogen-bond donors (Lipinski definition) is 0. The zero-order chi connectivity index (χ0) is 21.5. The van der Waals surface area contributed by atoms with Crippen molar-refractivity contribution in [3.63, 3.8) is 0 Å². The summed E-state index contributed by atoms with van der Waals surface area (Å²) in [7, 11) is 6.36. The Balaban J connectivity index is 1.97. The first-order valence-corrected chi connectivity index (χ1v) is 9.17. The Morgan fingerprint density at radius 3 is 2.03 bits per heavy atom. The van der Waals surface area contributed by atoms with E-state index in [9.17, 15) is 4.79 Å². The molecular weight excluding hydrogens is 384 g/mol. The van der Waals surface area contributed by atoms with Crippen LogP contribution in [0.5, 0.6) is 17.2 Å². The van der Waals surface area contributed by atoms with E-state index in [0.717, 1.165) is 11.1 Å². The summed E-state index contributed by atoms with van der Waals surface area (Å²) in [6.45, 7) is 0. The van der Waals surface area contributed by atoms with Gasteiger partial charge in [-0.25, -0.2) is 9.36 Å². The number of methoxy groups -OCH3 is 3. The maximum Gasteiger partial charge on any atom is 0.366 e. The fourth-order valence-corrected chi connectivity index (χ4v) is 2.93. The van der Waals surface area contributed by atoms with Crippen LogP contribution in [0.3, 0.4) is 0 Å².